The molecule has 0 N–H and O–H groups in total. The molecule has 156 valence electrons. The summed E-state index contributed by atoms with van der Waals surface area (Å²) in [5.74, 6) is 3.10. The second kappa shape index (κ2) is 7.87. The fourth-order valence-corrected chi connectivity index (χ4v) is 3.32. The van der Waals surface area contributed by atoms with Gasteiger partial charge < -0.3 is 13.9 Å². The minimum Gasteiger partial charge on any atom is -0.493 e. The van der Waals surface area contributed by atoms with Crippen molar-refractivity contribution in [1.29, 1.82) is 0 Å². The van der Waals surface area contributed by atoms with Crippen LogP contribution >= 0.6 is 0 Å². The average Bonchev–Trinajstić information content (AvgIpc) is 3.49. The summed E-state index contributed by atoms with van der Waals surface area (Å²) in [5, 5.41) is 0. The molecule has 1 fully saturated rings. The smallest absolute Gasteiger partial charge is 0.229 e. The Labute approximate surface area is 179 Å². The number of hydrogen-bond acceptors (Lipinski definition) is 6. The van der Waals surface area contributed by atoms with Gasteiger partial charge in [0.2, 0.25) is 11.8 Å². The molecular formula is C25H22N2O4. The van der Waals surface area contributed by atoms with Gasteiger partial charge in [0.15, 0.2) is 11.4 Å². The van der Waals surface area contributed by atoms with Gasteiger partial charge >= 0.3 is 0 Å². The van der Waals surface area contributed by atoms with E-state index in [1.54, 1.807) is 24.4 Å². The minimum absolute atomic E-state index is 0.0128. The van der Waals surface area contributed by atoms with E-state index in [0.29, 0.717) is 40.1 Å². The predicted octanol–water partition coefficient (Wildman–Crippen LogP) is 5.98. The third-order valence-electron chi connectivity index (χ3n) is 5.32. The Hall–Kier alpha value is -3.67. The van der Waals surface area contributed by atoms with Gasteiger partial charge in [-0.1, -0.05) is 6.07 Å². The molecule has 31 heavy (non-hydrogen) atoms. The number of ether oxygens (including phenoxy) is 2. The van der Waals surface area contributed by atoms with E-state index in [9.17, 15) is 4.79 Å². The summed E-state index contributed by atoms with van der Waals surface area (Å²) in [4.78, 5) is 20.6. The molecular weight excluding hydrogens is 392 g/mol. The number of Topliss-reactive ketones (excluding diaryl/α,β-unsaturated/α-hetero) is 1. The zero-order valence-electron chi connectivity index (χ0n) is 17.4. The Kier molecular flexibility index (Phi) is 4.90. The summed E-state index contributed by atoms with van der Waals surface area (Å²) in [6.07, 6.45) is 4.20. The summed E-state index contributed by atoms with van der Waals surface area (Å²) < 4.78 is 17.6. The van der Waals surface area contributed by atoms with E-state index in [1.165, 1.54) is 19.8 Å². The normalized spacial score (nSPS) is 13.4. The lowest BCUT2D eigenvalue weighted by Crippen LogP contribution is -1.99. The molecule has 0 amide bonds. The van der Waals surface area contributed by atoms with Crippen LogP contribution < -0.4 is 9.47 Å². The van der Waals surface area contributed by atoms with E-state index >= 15 is 0 Å². The topological polar surface area (TPSA) is 74.5 Å². The lowest BCUT2D eigenvalue weighted by molar-refractivity contribution is 0.101. The van der Waals surface area contributed by atoms with Gasteiger partial charge in [-0.2, -0.15) is 0 Å². The number of nitrogens with zero attached hydrogens (tertiary/aromatic N) is 2. The third-order valence-corrected chi connectivity index (χ3v) is 5.32. The largest absolute Gasteiger partial charge is 0.493 e. The molecule has 2 aromatic heterocycles. The van der Waals surface area contributed by atoms with Crippen molar-refractivity contribution in [2.24, 2.45) is 5.92 Å². The molecule has 0 radical (unpaired) electrons. The third kappa shape index (κ3) is 4.28. The summed E-state index contributed by atoms with van der Waals surface area (Å²) >= 11 is 0. The fourth-order valence-electron chi connectivity index (χ4n) is 3.32. The number of fused-ring (bicyclic) bond motifs is 1. The van der Waals surface area contributed by atoms with Crippen LogP contribution in [0.4, 0.5) is 0 Å². The van der Waals surface area contributed by atoms with Crippen molar-refractivity contribution < 1.29 is 18.7 Å². The molecule has 0 unspecified atom stereocenters. The highest BCUT2D eigenvalue weighted by molar-refractivity contribution is 5.97. The molecule has 6 heteroatoms. The second-order valence-electron chi connectivity index (χ2n) is 7.93. The molecule has 0 atom stereocenters. The van der Waals surface area contributed by atoms with Gasteiger partial charge in [0.05, 0.1) is 12.2 Å². The van der Waals surface area contributed by atoms with Crippen molar-refractivity contribution in [3.8, 4) is 28.8 Å². The molecule has 1 aliphatic carbocycles. The average molecular weight is 414 g/mol. The van der Waals surface area contributed by atoms with Gasteiger partial charge in [-0.05, 0) is 68.5 Å². The molecule has 0 saturated heterocycles. The van der Waals surface area contributed by atoms with Crippen molar-refractivity contribution in [3.63, 3.8) is 0 Å². The molecule has 4 aromatic rings. The lowest BCUT2D eigenvalue weighted by atomic mass is 10.1. The van der Waals surface area contributed by atoms with Crippen LogP contribution in [0.25, 0.3) is 22.6 Å². The number of carbonyl (C=O) groups excluding carboxylic acids is 1. The van der Waals surface area contributed by atoms with E-state index in [4.69, 9.17) is 13.9 Å². The molecule has 2 aromatic carbocycles. The number of benzene rings is 2. The maximum atomic E-state index is 11.6. The summed E-state index contributed by atoms with van der Waals surface area (Å²) in [6.45, 7) is 4.24. The van der Waals surface area contributed by atoms with Crippen LogP contribution in [0.5, 0.6) is 17.4 Å². The molecule has 6 nitrogen and oxygen atoms in total. The van der Waals surface area contributed by atoms with Crippen LogP contribution in [0.3, 0.4) is 0 Å². The Morgan fingerprint density at radius 2 is 1.97 bits per heavy atom. The van der Waals surface area contributed by atoms with Crippen LogP contribution in [0.2, 0.25) is 0 Å². The number of aromatic nitrogens is 2. The number of ketones is 1. The van der Waals surface area contributed by atoms with Gasteiger partial charge in [0.25, 0.3) is 0 Å². The fraction of sp³-hybridized carbons (Fsp3) is 0.240. The summed E-state index contributed by atoms with van der Waals surface area (Å²) in [6, 6.07) is 14.7. The summed E-state index contributed by atoms with van der Waals surface area (Å²) in [5.41, 5.74) is 3.56. The molecule has 5 rings (SSSR count). The van der Waals surface area contributed by atoms with E-state index in [1.807, 2.05) is 37.3 Å². The van der Waals surface area contributed by atoms with E-state index < -0.39 is 0 Å². The molecule has 1 saturated carbocycles. The van der Waals surface area contributed by atoms with E-state index in [0.717, 1.165) is 23.5 Å². The monoisotopic (exact) mass is 414 g/mol. The van der Waals surface area contributed by atoms with Gasteiger partial charge in [0, 0.05) is 23.9 Å². The first-order valence-corrected chi connectivity index (χ1v) is 10.3. The standard InChI is InChI=1S/C25H22N2O4/c1-15-10-24(30-20-5-3-4-19(12-20)29-14-17-6-7-17)26-13-21(15)25-27-22-9-8-18(16(2)28)11-23(22)31-25/h3-5,8-13,17H,6-7,14H2,1-2H3. The number of hydrogen-bond donors (Lipinski definition) is 0. The predicted molar refractivity (Wildman–Crippen MR) is 117 cm³/mol. The summed E-state index contributed by atoms with van der Waals surface area (Å²) in [7, 11) is 0. The number of oxazole rings is 1. The zero-order chi connectivity index (χ0) is 21.4. The Morgan fingerprint density at radius 1 is 1.13 bits per heavy atom. The maximum Gasteiger partial charge on any atom is 0.229 e. The maximum absolute atomic E-state index is 11.6. The SMILES string of the molecule is CC(=O)c1ccc2nc(-c3cnc(Oc4cccc(OCC5CC5)c4)cc3C)oc2c1. The Balaban J connectivity index is 1.36. The molecule has 2 heterocycles. The van der Waals surface area contributed by atoms with Gasteiger partial charge in [-0.3, -0.25) is 4.79 Å². The highest BCUT2D eigenvalue weighted by atomic mass is 16.5. The number of aryl methyl sites for hydroxylation is 1. The second-order valence-corrected chi connectivity index (χ2v) is 7.93. The van der Waals surface area contributed by atoms with Crippen LogP contribution in [0.1, 0.15) is 35.7 Å². The van der Waals surface area contributed by atoms with Crippen LogP contribution in [-0.2, 0) is 0 Å². The highest BCUT2D eigenvalue weighted by Crippen LogP contribution is 2.32. The molecule has 0 spiro atoms. The first-order valence-electron chi connectivity index (χ1n) is 10.3. The number of pyridine rings is 1. The Bertz CT molecular complexity index is 1270. The van der Waals surface area contributed by atoms with Gasteiger partial charge in [0.1, 0.15) is 17.0 Å². The van der Waals surface area contributed by atoms with Gasteiger partial charge in [-0.25, -0.2) is 9.97 Å². The van der Waals surface area contributed by atoms with E-state index in [2.05, 4.69) is 9.97 Å². The van der Waals surface area contributed by atoms with Crippen molar-refractivity contribution in [1.82, 2.24) is 9.97 Å². The molecule has 0 aliphatic heterocycles. The van der Waals surface area contributed by atoms with Crippen LogP contribution in [0.15, 0.2) is 59.1 Å². The first kappa shape index (κ1) is 19.3. The number of rotatable bonds is 7. The quantitative estimate of drug-likeness (QED) is 0.346. The first-order chi connectivity index (χ1) is 15.0. The van der Waals surface area contributed by atoms with Gasteiger partial charge in [-0.15, -0.1) is 0 Å². The van der Waals surface area contributed by atoms with Crippen molar-refractivity contribution in [2.45, 2.75) is 26.7 Å². The lowest BCUT2D eigenvalue weighted by Gasteiger charge is -2.09. The van der Waals surface area contributed by atoms with Crippen molar-refractivity contribution >= 4 is 16.9 Å². The van der Waals surface area contributed by atoms with Crippen LogP contribution in [0, 0.1) is 12.8 Å². The highest BCUT2D eigenvalue weighted by Gasteiger charge is 2.22. The molecule has 0 bridgehead atoms. The van der Waals surface area contributed by atoms with Crippen molar-refractivity contribution in [3.05, 3.63) is 65.9 Å². The van der Waals surface area contributed by atoms with Crippen molar-refractivity contribution in [2.75, 3.05) is 6.61 Å². The number of carbonyl (C=O) groups is 1. The van der Waals surface area contributed by atoms with E-state index in [-0.39, 0.29) is 5.78 Å². The minimum atomic E-state index is -0.0128. The molecule has 1 aliphatic rings. The van der Waals surface area contributed by atoms with Crippen LogP contribution in [-0.4, -0.2) is 22.4 Å². The Morgan fingerprint density at radius 3 is 2.74 bits per heavy atom. The zero-order valence-corrected chi connectivity index (χ0v) is 17.4.